The highest BCUT2D eigenvalue weighted by Crippen LogP contribution is 2.48. The Morgan fingerprint density at radius 3 is 2.33 bits per heavy atom. The number of carbonyl (C=O) groups is 3. The molecule has 0 radical (unpaired) electrons. The monoisotopic (exact) mass is 605 g/mol. The molecule has 3 rings (SSSR count). The molecule has 0 spiro atoms. The van der Waals surface area contributed by atoms with Gasteiger partial charge < -0.3 is 23.6 Å². The third kappa shape index (κ3) is 10.2. The van der Waals surface area contributed by atoms with Gasteiger partial charge in [-0.25, -0.2) is 9.18 Å². The van der Waals surface area contributed by atoms with Gasteiger partial charge in [0.15, 0.2) is 0 Å². The Bertz CT molecular complexity index is 1230. The first-order valence-electron chi connectivity index (χ1n) is 14.2. The van der Waals surface area contributed by atoms with Crippen LogP contribution in [0.4, 0.5) is 4.39 Å². The number of hydrogen-bond acceptors (Lipinski definition) is 8. The Balaban J connectivity index is 1.67. The van der Waals surface area contributed by atoms with E-state index in [9.17, 15) is 23.3 Å². The maximum Gasteiger partial charge on any atom is 0.331 e. The summed E-state index contributed by atoms with van der Waals surface area (Å²) in [7, 11) is -3.35. The van der Waals surface area contributed by atoms with Crippen LogP contribution in [0.1, 0.15) is 52.5 Å². The lowest BCUT2D eigenvalue weighted by Gasteiger charge is -2.26. The molecule has 0 aromatic heterocycles. The minimum Gasteiger partial charge on any atom is -0.488 e. The van der Waals surface area contributed by atoms with E-state index in [4.69, 9.17) is 18.7 Å². The van der Waals surface area contributed by atoms with Crippen LogP contribution >= 0.6 is 7.37 Å². The van der Waals surface area contributed by atoms with Crippen LogP contribution in [0.15, 0.2) is 54.6 Å². The topological polar surface area (TPSA) is 108 Å². The van der Waals surface area contributed by atoms with Crippen molar-refractivity contribution in [2.75, 3.05) is 32.3 Å². The lowest BCUT2D eigenvalue weighted by Crippen LogP contribution is -2.43. The lowest BCUT2D eigenvalue weighted by atomic mass is 9.98. The quantitative estimate of drug-likeness (QED) is 0.119. The van der Waals surface area contributed by atoms with Crippen molar-refractivity contribution in [2.45, 2.75) is 65.5 Å². The van der Waals surface area contributed by atoms with Crippen molar-refractivity contribution in [1.82, 2.24) is 4.90 Å². The number of aryl methyl sites for hydroxylation is 1. The molecule has 1 unspecified atom stereocenters. The molecule has 1 amide bonds. The Morgan fingerprint density at radius 2 is 1.69 bits per heavy atom. The van der Waals surface area contributed by atoms with Crippen LogP contribution in [-0.2, 0) is 39.4 Å². The zero-order chi connectivity index (χ0) is 30.8. The zero-order valence-electron chi connectivity index (χ0n) is 24.8. The molecule has 1 heterocycles. The number of hydrogen-bond donors (Lipinski definition) is 0. The van der Waals surface area contributed by atoms with Crippen molar-refractivity contribution < 1.29 is 42.1 Å². The zero-order valence-corrected chi connectivity index (χ0v) is 25.6. The average Bonchev–Trinajstić information content (AvgIpc) is 3.36. The summed E-state index contributed by atoms with van der Waals surface area (Å²) in [5.74, 6) is -1.89. The number of amides is 1. The van der Waals surface area contributed by atoms with Gasteiger partial charge in [0.2, 0.25) is 20.1 Å². The van der Waals surface area contributed by atoms with E-state index in [1.54, 1.807) is 27.7 Å². The average molecular weight is 606 g/mol. The molecule has 2 aromatic rings. The number of esters is 2. The third-order valence-corrected chi connectivity index (χ3v) is 9.25. The second-order valence-corrected chi connectivity index (χ2v) is 14.0. The highest BCUT2D eigenvalue weighted by atomic mass is 31.2. The van der Waals surface area contributed by atoms with E-state index in [2.05, 4.69) is 0 Å². The van der Waals surface area contributed by atoms with Crippen molar-refractivity contribution in [3.8, 4) is 5.75 Å². The summed E-state index contributed by atoms with van der Waals surface area (Å²) in [6.45, 7) is 6.35. The predicted molar refractivity (Wildman–Crippen MR) is 156 cm³/mol. The van der Waals surface area contributed by atoms with Crippen LogP contribution in [0, 0.1) is 11.2 Å². The molecule has 1 fully saturated rings. The molecule has 11 heteroatoms. The van der Waals surface area contributed by atoms with E-state index in [-0.39, 0.29) is 31.9 Å². The van der Waals surface area contributed by atoms with E-state index >= 15 is 0 Å². The second-order valence-electron chi connectivity index (χ2n) is 11.3. The minimum absolute atomic E-state index is 0.0257. The van der Waals surface area contributed by atoms with Gasteiger partial charge in [0, 0.05) is 12.6 Å². The maximum atomic E-state index is 13.7. The van der Waals surface area contributed by atoms with Gasteiger partial charge in [-0.2, -0.15) is 0 Å². The fourth-order valence-corrected chi connectivity index (χ4v) is 6.74. The van der Waals surface area contributed by atoms with E-state index in [0.717, 1.165) is 12.8 Å². The fourth-order valence-electron chi connectivity index (χ4n) is 4.59. The summed E-state index contributed by atoms with van der Waals surface area (Å²) < 4.78 is 48.9. The largest absolute Gasteiger partial charge is 0.488 e. The van der Waals surface area contributed by atoms with E-state index < -0.39 is 55.4 Å². The molecule has 0 saturated carbocycles. The summed E-state index contributed by atoms with van der Waals surface area (Å²) in [5, 5.41) is 0. The first-order chi connectivity index (χ1) is 19.9. The standard InChI is InChI=1S/C31H41FNO8P/c1-5-40-42(37,18-10-9-13-23-11-7-6-8-12-23)21-28(34)33-20-26(41-25-16-14-24(32)15-17-25)19-27(33)29(35)38-22-39-30(36)31(2,3)4/h6-8,11-12,14-17,26-27H,5,9-10,13,18-22H2,1-4H3/t26-,27-,42?/m0/s1. The van der Waals surface area contributed by atoms with E-state index in [0.29, 0.717) is 12.2 Å². The number of ether oxygens (including phenoxy) is 3. The van der Waals surface area contributed by atoms with Gasteiger partial charge in [0.25, 0.3) is 0 Å². The van der Waals surface area contributed by atoms with Crippen LogP contribution in [-0.4, -0.2) is 67.2 Å². The summed E-state index contributed by atoms with van der Waals surface area (Å²) in [6, 6.07) is 14.3. The van der Waals surface area contributed by atoms with Crippen molar-refractivity contribution in [3.63, 3.8) is 0 Å². The van der Waals surface area contributed by atoms with Crippen molar-refractivity contribution in [1.29, 1.82) is 0 Å². The molecule has 1 saturated heterocycles. The number of halogens is 1. The Morgan fingerprint density at radius 1 is 1.00 bits per heavy atom. The lowest BCUT2D eigenvalue weighted by molar-refractivity contribution is -0.176. The molecular formula is C31H41FNO8P. The first kappa shape index (κ1) is 33.3. The second kappa shape index (κ2) is 15.3. The molecule has 42 heavy (non-hydrogen) atoms. The molecule has 1 aliphatic rings. The van der Waals surface area contributed by atoms with Crippen molar-refractivity contribution in [2.24, 2.45) is 5.41 Å². The predicted octanol–water partition coefficient (Wildman–Crippen LogP) is 5.60. The smallest absolute Gasteiger partial charge is 0.331 e. The summed E-state index contributed by atoms with van der Waals surface area (Å²) >= 11 is 0. The van der Waals surface area contributed by atoms with Crippen LogP contribution in [0.2, 0.25) is 0 Å². The third-order valence-electron chi connectivity index (χ3n) is 6.77. The number of likely N-dealkylation sites (tertiary alicyclic amines) is 1. The molecule has 0 bridgehead atoms. The van der Waals surface area contributed by atoms with Crippen LogP contribution in [0.5, 0.6) is 5.75 Å². The number of rotatable bonds is 14. The first-order valence-corrected chi connectivity index (χ1v) is 16.2. The maximum absolute atomic E-state index is 13.7. The molecule has 9 nitrogen and oxygen atoms in total. The highest BCUT2D eigenvalue weighted by Gasteiger charge is 2.43. The van der Waals surface area contributed by atoms with Gasteiger partial charge in [0.1, 0.15) is 29.9 Å². The van der Waals surface area contributed by atoms with Crippen molar-refractivity contribution in [3.05, 3.63) is 66.0 Å². The van der Waals surface area contributed by atoms with Crippen LogP contribution in [0.3, 0.4) is 0 Å². The Kier molecular flexibility index (Phi) is 12.1. The van der Waals surface area contributed by atoms with E-state index in [1.807, 2.05) is 30.3 Å². The van der Waals surface area contributed by atoms with Gasteiger partial charge in [0.05, 0.1) is 18.6 Å². The normalized spacial score (nSPS) is 18.3. The van der Waals surface area contributed by atoms with Gasteiger partial charge in [-0.1, -0.05) is 30.3 Å². The van der Waals surface area contributed by atoms with Crippen LogP contribution < -0.4 is 4.74 Å². The molecule has 2 aromatic carbocycles. The summed E-state index contributed by atoms with van der Waals surface area (Å²) in [5.41, 5.74) is 0.399. The fraction of sp³-hybridized carbons (Fsp3) is 0.516. The van der Waals surface area contributed by atoms with Gasteiger partial charge >= 0.3 is 11.9 Å². The van der Waals surface area contributed by atoms with Gasteiger partial charge in [-0.05, 0) is 76.8 Å². The Labute approximate surface area is 247 Å². The molecule has 1 aliphatic heterocycles. The molecule has 0 N–H and O–H groups in total. The highest BCUT2D eigenvalue weighted by molar-refractivity contribution is 7.59. The minimum atomic E-state index is -3.35. The number of unbranched alkanes of at least 4 members (excludes halogenated alkanes) is 1. The Hall–Kier alpha value is -3.23. The molecular weight excluding hydrogens is 564 g/mol. The molecule has 3 atom stereocenters. The van der Waals surface area contributed by atoms with E-state index in [1.165, 1.54) is 34.7 Å². The van der Waals surface area contributed by atoms with Gasteiger partial charge in [-0.3, -0.25) is 14.2 Å². The van der Waals surface area contributed by atoms with Crippen LogP contribution in [0.25, 0.3) is 0 Å². The molecule has 230 valence electrons. The van der Waals surface area contributed by atoms with Crippen molar-refractivity contribution >= 4 is 25.2 Å². The number of benzene rings is 2. The number of nitrogens with zero attached hydrogens (tertiary/aromatic N) is 1. The molecule has 0 aliphatic carbocycles. The SMILES string of the molecule is CCOP(=O)(CCCCc1ccccc1)CC(=O)N1C[C@@H](Oc2ccc(F)cc2)C[C@H]1C(=O)OCOC(=O)C(C)(C)C. The summed E-state index contributed by atoms with van der Waals surface area (Å²) in [6.07, 6.45) is 1.58. The van der Waals surface area contributed by atoms with Gasteiger partial charge in [-0.15, -0.1) is 0 Å². The number of carbonyl (C=O) groups excluding carboxylic acids is 3. The summed E-state index contributed by atoms with van der Waals surface area (Å²) in [4.78, 5) is 39.9.